The number of rotatable bonds is 3. The zero-order valence-electron chi connectivity index (χ0n) is 13.1. The molecule has 1 N–H and O–H groups in total. The Bertz CT molecular complexity index is 626. The van der Waals surface area contributed by atoms with Gasteiger partial charge in [0.05, 0.1) is 11.0 Å². The maximum atomic E-state index is 12.8. The van der Waals surface area contributed by atoms with Gasteiger partial charge in [0.1, 0.15) is 5.78 Å². The van der Waals surface area contributed by atoms with E-state index in [0.717, 1.165) is 38.5 Å². The molecule has 3 heteroatoms. The maximum absolute atomic E-state index is 12.8. The van der Waals surface area contributed by atoms with E-state index < -0.39 is 0 Å². The average Bonchev–Trinajstić information content (AvgIpc) is 3.18. The first-order valence-corrected chi connectivity index (χ1v) is 8.49. The molecule has 3 saturated carbocycles. The fourth-order valence-electron chi connectivity index (χ4n) is 6.02. The summed E-state index contributed by atoms with van der Waals surface area (Å²) in [5, 5.41) is 3.36. The molecule has 0 aliphatic heterocycles. The number of hydrogen-bond donors (Lipinski definition) is 1. The molecule has 1 amide bonds. The van der Waals surface area contributed by atoms with Gasteiger partial charge in [-0.2, -0.15) is 0 Å². The van der Waals surface area contributed by atoms with E-state index in [1.54, 1.807) is 6.92 Å². The van der Waals surface area contributed by atoms with E-state index in [1.807, 2.05) is 30.3 Å². The number of benzene rings is 1. The molecule has 1 aromatic carbocycles. The first-order valence-electron chi connectivity index (χ1n) is 8.49. The van der Waals surface area contributed by atoms with Crippen LogP contribution >= 0.6 is 0 Å². The number of carbonyl (C=O) groups is 2. The summed E-state index contributed by atoms with van der Waals surface area (Å²) in [5.41, 5.74) is 0.124. The van der Waals surface area contributed by atoms with Crippen LogP contribution in [-0.4, -0.2) is 17.2 Å². The van der Waals surface area contributed by atoms with E-state index in [4.69, 9.17) is 0 Å². The largest absolute Gasteiger partial charge is 0.345 e. The molecule has 4 unspecified atom stereocenters. The van der Waals surface area contributed by atoms with Crippen LogP contribution in [0, 0.1) is 17.3 Å². The predicted octanol–water partition coefficient (Wildman–Crippen LogP) is 3.34. The normalized spacial score (nSPS) is 38.8. The van der Waals surface area contributed by atoms with Crippen LogP contribution in [0.25, 0.3) is 0 Å². The molecule has 0 radical (unpaired) electrons. The first-order chi connectivity index (χ1) is 10.6. The Morgan fingerprint density at radius 3 is 2.55 bits per heavy atom. The zero-order chi connectivity index (χ0) is 15.4. The summed E-state index contributed by atoms with van der Waals surface area (Å²) in [6.45, 7) is 1.75. The Morgan fingerprint density at radius 2 is 1.82 bits per heavy atom. The maximum Gasteiger partial charge on any atom is 0.251 e. The van der Waals surface area contributed by atoms with E-state index in [1.165, 1.54) is 0 Å². The van der Waals surface area contributed by atoms with Gasteiger partial charge in [0.25, 0.3) is 5.91 Å². The van der Waals surface area contributed by atoms with Crippen molar-refractivity contribution in [1.82, 2.24) is 5.32 Å². The molecule has 4 rings (SSSR count). The lowest BCUT2D eigenvalue weighted by atomic mass is 9.61. The van der Waals surface area contributed by atoms with Crippen LogP contribution in [-0.2, 0) is 4.79 Å². The molecule has 1 aromatic rings. The summed E-state index contributed by atoms with van der Waals surface area (Å²) >= 11 is 0. The van der Waals surface area contributed by atoms with Crippen LogP contribution in [0.3, 0.4) is 0 Å². The monoisotopic (exact) mass is 297 g/mol. The topological polar surface area (TPSA) is 46.2 Å². The molecule has 3 aliphatic rings. The van der Waals surface area contributed by atoms with Crippen LogP contribution in [0.4, 0.5) is 0 Å². The Morgan fingerprint density at radius 1 is 1.09 bits per heavy atom. The standard InChI is InChI=1S/C19H23NO2/c1-13(21)18-10-5-11-19(18,16-9-8-15(18)12-16)20-17(22)14-6-3-2-4-7-14/h2-4,6-7,15-16H,5,8-12H2,1H3,(H,20,22). The van der Waals surface area contributed by atoms with Crippen molar-refractivity contribution in [3.05, 3.63) is 35.9 Å². The summed E-state index contributed by atoms with van der Waals surface area (Å²) < 4.78 is 0. The Balaban J connectivity index is 1.72. The predicted molar refractivity (Wildman–Crippen MR) is 84.4 cm³/mol. The van der Waals surface area contributed by atoms with Gasteiger partial charge in [-0.3, -0.25) is 9.59 Å². The highest BCUT2D eigenvalue weighted by Gasteiger charge is 2.71. The van der Waals surface area contributed by atoms with E-state index in [0.29, 0.717) is 23.2 Å². The number of carbonyl (C=O) groups excluding carboxylic acids is 2. The third kappa shape index (κ3) is 1.57. The molecule has 0 heterocycles. The number of fused-ring (bicyclic) bond motifs is 5. The minimum Gasteiger partial charge on any atom is -0.345 e. The third-order valence-electron chi connectivity index (χ3n) is 6.77. The molecule has 0 spiro atoms. The minimum absolute atomic E-state index is 0.0133. The Hall–Kier alpha value is -1.64. The van der Waals surface area contributed by atoms with E-state index in [9.17, 15) is 9.59 Å². The number of ketones is 1. The van der Waals surface area contributed by atoms with Crippen molar-refractivity contribution >= 4 is 11.7 Å². The fourth-order valence-corrected chi connectivity index (χ4v) is 6.02. The van der Waals surface area contributed by atoms with E-state index in [2.05, 4.69) is 5.32 Å². The van der Waals surface area contributed by atoms with Gasteiger partial charge in [0.2, 0.25) is 0 Å². The van der Waals surface area contributed by atoms with Crippen molar-refractivity contribution in [3.8, 4) is 0 Å². The van der Waals surface area contributed by atoms with Crippen molar-refractivity contribution in [3.63, 3.8) is 0 Å². The molecule has 0 saturated heterocycles. The number of Topliss-reactive ketones (excluding diaryl/α,β-unsaturated/α-hetero) is 1. The van der Waals surface area contributed by atoms with Crippen LogP contribution < -0.4 is 5.32 Å². The van der Waals surface area contributed by atoms with Crippen molar-refractivity contribution in [2.75, 3.05) is 0 Å². The van der Waals surface area contributed by atoms with Crippen LogP contribution in [0.1, 0.15) is 55.8 Å². The molecule has 3 nitrogen and oxygen atoms in total. The minimum atomic E-state index is -0.291. The van der Waals surface area contributed by atoms with E-state index in [-0.39, 0.29) is 16.9 Å². The van der Waals surface area contributed by atoms with Gasteiger partial charge in [-0.1, -0.05) is 18.2 Å². The van der Waals surface area contributed by atoms with Gasteiger partial charge >= 0.3 is 0 Å². The second-order valence-corrected chi connectivity index (χ2v) is 7.38. The molecule has 0 aromatic heterocycles. The SMILES string of the molecule is CC(=O)C12CCCC1(NC(=O)c1ccccc1)C1CCC2C1. The van der Waals surface area contributed by atoms with Gasteiger partial charge in [0.15, 0.2) is 0 Å². The van der Waals surface area contributed by atoms with Gasteiger partial charge in [-0.05, 0) is 69.4 Å². The first kappa shape index (κ1) is 14.0. The highest BCUT2D eigenvalue weighted by Crippen LogP contribution is 2.68. The van der Waals surface area contributed by atoms with Crippen molar-refractivity contribution in [2.45, 2.75) is 51.0 Å². The highest BCUT2D eigenvalue weighted by molar-refractivity contribution is 5.96. The third-order valence-corrected chi connectivity index (χ3v) is 6.77. The molecule has 3 fully saturated rings. The second-order valence-electron chi connectivity index (χ2n) is 7.38. The smallest absolute Gasteiger partial charge is 0.251 e. The Labute approximate surface area is 131 Å². The molecular formula is C19H23NO2. The van der Waals surface area contributed by atoms with Gasteiger partial charge in [-0.25, -0.2) is 0 Å². The summed E-state index contributed by atoms with van der Waals surface area (Å²) in [4.78, 5) is 25.4. The van der Waals surface area contributed by atoms with Crippen LogP contribution in [0.15, 0.2) is 30.3 Å². The summed E-state index contributed by atoms with van der Waals surface area (Å²) in [7, 11) is 0. The lowest BCUT2D eigenvalue weighted by Crippen LogP contribution is -2.62. The molecule has 22 heavy (non-hydrogen) atoms. The average molecular weight is 297 g/mol. The lowest BCUT2D eigenvalue weighted by Gasteiger charge is -2.48. The number of nitrogens with one attached hydrogen (secondary N) is 1. The number of hydrogen-bond acceptors (Lipinski definition) is 2. The van der Waals surface area contributed by atoms with Crippen molar-refractivity contribution in [2.24, 2.45) is 17.3 Å². The van der Waals surface area contributed by atoms with E-state index >= 15 is 0 Å². The molecular weight excluding hydrogens is 274 g/mol. The fraction of sp³-hybridized carbons (Fsp3) is 0.579. The van der Waals surface area contributed by atoms with Gasteiger partial charge in [-0.15, -0.1) is 0 Å². The lowest BCUT2D eigenvalue weighted by molar-refractivity contribution is -0.133. The van der Waals surface area contributed by atoms with Crippen LogP contribution in [0.5, 0.6) is 0 Å². The molecule has 3 aliphatic carbocycles. The highest BCUT2D eigenvalue weighted by atomic mass is 16.2. The summed E-state index contributed by atoms with van der Waals surface area (Å²) in [6.07, 6.45) is 6.42. The molecule has 116 valence electrons. The van der Waals surface area contributed by atoms with Gasteiger partial charge < -0.3 is 5.32 Å². The Kier molecular flexibility index (Phi) is 2.97. The summed E-state index contributed by atoms with van der Waals surface area (Å²) in [6, 6.07) is 9.40. The van der Waals surface area contributed by atoms with Gasteiger partial charge in [0, 0.05) is 5.56 Å². The quantitative estimate of drug-likeness (QED) is 0.930. The van der Waals surface area contributed by atoms with Crippen molar-refractivity contribution < 1.29 is 9.59 Å². The van der Waals surface area contributed by atoms with Crippen LogP contribution in [0.2, 0.25) is 0 Å². The van der Waals surface area contributed by atoms with Crippen molar-refractivity contribution in [1.29, 1.82) is 0 Å². The summed E-state index contributed by atoms with van der Waals surface area (Å²) in [5.74, 6) is 1.25. The number of amides is 1. The molecule has 2 bridgehead atoms. The zero-order valence-corrected chi connectivity index (χ0v) is 13.1. The molecule has 4 atom stereocenters. The second kappa shape index (κ2) is 4.68.